The predicted octanol–water partition coefficient (Wildman–Crippen LogP) is 3.40. The molecule has 3 aromatic rings. The fraction of sp³-hybridized carbons (Fsp3) is 0.273. The summed E-state index contributed by atoms with van der Waals surface area (Å²) < 4.78 is 33.9. The number of aromatic nitrogens is 1. The van der Waals surface area contributed by atoms with Crippen LogP contribution in [0.15, 0.2) is 59.5 Å². The predicted molar refractivity (Wildman–Crippen MR) is 125 cm³/mol. The Morgan fingerprint density at radius 1 is 1.09 bits per heavy atom. The van der Waals surface area contributed by atoms with E-state index in [1.165, 1.54) is 30.4 Å². The number of benzene rings is 2. The minimum Gasteiger partial charge on any atom is -0.379 e. The molecule has 8 nitrogen and oxygen atoms in total. The monoisotopic (exact) mass is 472 g/mol. The largest absolute Gasteiger partial charge is 0.379 e. The van der Waals surface area contributed by atoms with E-state index in [-0.39, 0.29) is 10.8 Å². The van der Waals surface area contributed by atoms with Crippen LogP contribution >= 0.6 is 11.3 Å². The van der Waals surface area contributed by atoms with Gasteiger partial charge in [0, 0.05) is 42.7 Å². The quantitative estimate of drug-likeness (QED) is 0.547. The Morgan fingerprint density at radius 3 is 2.44 bits per heavy atom. The Labute approximate surface area is 191 Å². The number of rotatable bonds is 7. The highest BCUT2D eigenvalue weighted by molar-refractivity contribution is 7.93. The lowest BCUT2D eigenvalue weighted by Gasteiger charge is -2.26. The summed E-state index contributed by atoms with van der Waals surface area (Å²) in [5.74, 6) is -0.220. The van der Waals surface area contributed by atoms with Crippen molar-refractivity contribution < 1.29 is 17.9 Å². The SMILES string of the molecule is CC(=O)Nc1ccc(S(=O)(=O)Nc2nc(-c3ccccc3)c(CN3CCOCC3)s2)cc1. The molecule has 0 aliphatic carbocycles. The summed E-state index contributed by atoms with van der Waals surface area (Å²) in [6.45, 7) is 5.11. The third-order valence-electron chi connectivity index (χ3n) is 4.92. The summed E-state index contributed by atoms with van der Waals surface area (Å²) >= 11 is 1.34. The fourth-order valence-corrected chi connectivity index (χ4v) is 5.64. The van der Waals surface area contributed by atoms with Crippen LogP contribution in [0.5, 0.6) is 0 Å². The second-order valence-corrected chi connectivity index (χ2v) is 10.1. The van der Waals surface area contributed by atoms with Crippen molar-refractivity contribution in [3.8, 4) is 11.3 Å². The molecule has 2 N–H and O–H groups in total. The van der Waals surface area contributed by atoms with Crippen molar-refractivity contribution in [3.63, 3.8) is 0 Å². The Balaban J connectivity index is 1.59. The lowest BCUT2D eigenvalue weighted by Crippen LogP contribution is -2.35. The molecule has 0 atom stereocenters. The highest BCUT2D eigenvalue weighted by Gasteiger charge is 2.21. The van der Waals surface area contributed by atoms with Gasteiger partial charge >= 0.3 is 0 Å². The summed E-state index contributed by atoms with van der Waals surface area (Å²) in [4.78, 5) is 19.2. The number of hydrogen-bond donors (Lipinski definition) is 2. The molecule has 0 radical (unpaired) electrons. The maximum atomic E-state index is 12.9. The van der Waals surface area contributed by atoms with Crippen molar-refractivity contribution >= 4 is 38.1 Å². The van der Waals surface area contributed by atoms with Gasteiger partial charge < -0.3 is 10.1 Å². The topological polar surface area (TPSA) is 101 Å². The van der Waals surface area contributed by atoms with Gasteiger partial charge in [0.05, 0.1) is 23.8 Å². The molecule has 0 unspecified atom stereocenters. The molecule has 2 aromatic carbocycles. The molecular formula is C22H24N4O4S2. The van der Waals surface area contributed by atoms with Crippen LogP contribution in [0.25, 0.3) is 11.3 Å². The van der Waals surface area contributed by atoms with E-state index in [0.29, 0.717) is 30.6 Å². The van der Waals surface area contributed by atoms with Crippen LogP contribution in [0.4, 0.5) is 10.8 Å². The average Bonchev–Trinajstić information content (AvgIpc) is 3.16. The van der Waals surface area contributed by atoms with Crippen molar-refractivity contribution in [3.05, 3.63) is 59.5 Å². The first-order valence-corrected chi connectivity index (χ1v) is 12.5. The number of nitrogens with zero attached hydrogens (tertiary/aromatic N) is 2. The standard InChI is InChI=1S/C22H24N4O4S2/c1-16(27)23-18-7-9-19(10-8-18)32(28,29)25-22-24-21(17-5-3-2-4-6-17)20(31-22)15-26-11-13-30-14-12-26/h2-10H,11-15H2,1H3,(H,23,27)(H,24,25). The van der Waals surface area contributed by atoms with Gasteiger partial charge in [-0.25, -0.2) is 13.4 Å². The smallest absolute Gasteiger partial charge is 0.263 e. The molecule has 1 aromatic heterocycles. The fourth-order valence-electron chi connectivity index (χ4n) is 3.38. The van der Waals surface area contributed by atoms with E-state index >= 15 is 0 Å². The Hall–Kier alpha value is -2.79. The molecule has 1 saturated heterocycles. The minimum atomic E-state index is -3.83. The molecule has 1 fully saturated rings. The van der Waals surface area contributed by atoms with Gasteiger partial charge in [-0.15, -0.1) is 0 Å². The number of carbonyl (C=O) groups is 1. The van der Waals surface area contributed by atoms with Gasteiger partial charge in [-0.1, -0.05) is 41.7 Å². The molecule has 0 spiro atoms. The molecule has 0 saturated carbocycles. The van der Waals surface area contributed by atoms with Gasteiger partial charge in [0.1, 0.15) is 0 Å². The van der Waals surface area contributed by atoms with E-state index in [4.69, 9.17) is 4.74 Å². The van der Waals surface area contributed by atoms with Crippen LogP contribution in [-0.2, 0) is 26.1 Å². The normalized spacial score (nSPS) is 14.8. The number of carbonyl (C=O) groups excluding carboxylic acids is 1. The maximum absolute atomic E-state index is 12.9. The maximum Gasteiger partial charge on any atom is 0.263 e. The molecular weight excluding hydrogens is 448 g/mol. The van der Waals surface area contributed by atoms with Crippen molar-refractivity contribution in [2.75, 3.05) is 36.3 Å². The van der Waals surface area contributed by atoms with Gasteiger partial charge in [0.25, 0.3) is 10.0 Å². The lowest BCUT2D eigenvalue weighted by atomic mass is 10.1. The molecule has 10 heteroatoms. The molecule has 2 heterocycles. The second-order valence-electron chi connectivity index (χ2n) is 7.36. The van der Waals surface area contributed by atoms with Crippen LogP contribution in [0.2, 0.25) is 0 Å². The second kappa shape index (κ2) is 9.78. The van der Waals surface area contributed by atoms with Crippen molar-refractivity contribution in [2.24, 2.45) is 0 Å². The number of hydrogen-bond acceptors (Lipinski definition) is 7. The summed E-state index contributed by atoms with van der Waals surface area (Å²) in [7, 11) is -3.83. The summed E-state index contributed by atoms with van der Waals surface area (Å²) in [5.41, 5.74) is 2.25. The van der Waals surface area contributed by atoms with E-state index in [0.717, 1.165) is 29.2 Å². The molecule has 0 bridgehead atoms. The van der Waals surface area contributed by atoms with Crippen LogP contribution in [-0.4, -0.2) is 50.5 Å². The summed E-state index contributed by atoms with van der Waals surface area (Å²) in [5, 5.41) is 2.94. The van der Waals surface area contributed by atoms with Crippen LogP contribution in [0, 0.1) is 0 Å². The molecule has 4 rings (SSSR count). The first-order valence-electron chi connectivity index (χ1n) is 10.2. The summed E-state index contributed by atoms with van der Waals surface area (Å²) in [6, 6.07) is 15.8. The molecule has 1 amide bonds. The van der Waals surface area contributed by atoms with E-state index in [2.05, 4.69) is 19.9 Å². The zero-order valence-electron chi connectivity index (χ0n) is 17.6. The molecule has 168 valence electrons. The molecule has 32 heavy (non-hydrogen) atoms. The van der Waals surface area contributed by atoms with E-state index in [1.54, 1.807) is 12.1 Å². The van der Waals surface area contributed by atoms with Gasteiger partial charge in [-0.05, 0) is 24.3 Å². The van der Waals surface area contributed by atoms with E-state index in [1.807, 2.05) is 30.3 Å². The number of nitrogens with one attached hydrogen (secondary N) is 2. The zero-order chi connectivity index (χ0) is 22.6. The third kappa shape index (κ3) is 5.52. The Kier molecular flexibility index (Phi) is 6.85. The Morgan fingerprint density at radius 2 is 1.78 bits per heavy atom. The zero-order valence-corrected chi connectivity index (χ0v) is 19.2. The van der Waals surface area contributed by atoms with Crippen molar-refractivity contribution in [1.29, 1.82) is 0 Å². The lowest BCUT2D eigenvalue weighted by molar-refractivity contribution is -0.114. The number of anilines is 2. The van der Waals surface area contributed by atoms with E-state index < -0.39 is 10.0 Å². The Bertz CT molecular complexity index is 1170. The number of amides is 1. The first kappa shape index (κ1) is 22.4. The van der Waals surface area contributed by atoms with Crippen LogP contribution < -0.4 is 10.0 Å². The number of morpholine rings is 1. The molecule has 1 aliphatic rings. The number of ether oxygens (including phenoxy) is 1. The van der Waals surface area contributed by atoms with Crippen LogP contribution in [0.3, 0.4) is 0 Å². The van der Waals surface area contributed by atoms with Gasteiger partial charge in [0.15, 0.2) is 5.13 Å². The number of thiazole rings is 1. The van der Waals surface area contributed by atoms with E-state index in [9.17, 15) is 13.2 Å². The average molecular weight is 473 g/mol. The van der Waals surface area contributed by atoms with Crippen molar-refractivity contribution in [2.45, 2.75) is 18.4 Å². The molecule has 1 aliphatic heterocycles. The summed E-state index contributed by atoms with van der Waals surface area (Å²) in [6.07, 6.45) is 0. The number of sulfonamides is 1. The first-order chi connectivity index (χ1) is 15.4. The minimum absolute atomic E-state index is 0.0952. The van der Waals surface area contributed by atoms with Crippen LogP contribution in [0.1, 0.15) is 11.8 Å². The van der Waals surface area contributed by atoms with Gasteiger partial charge in [-0.3, -0.25) is 14.4 Å². The van der Waals surface area contributed by atoms with Gasteiger partial charge in [-0.2, -0.15) is 0 Å². The highest BCUT2D eigenvalue weighted by Crippen LogP contribution is 2.33. The highest BCUT2D eigenvalue weighted by atomic mass is 32.2. The third-order valence-corrected chi connectivity index (χ3v) is 7.36. The van der Waals surface area contributed by atoms with Crippen molar-refractivity contribution in [1.82, 2.24) is 9.88 Å². The van der Waals surface area contributed by atoms with Gasteiger partial charge in [0.2, 0.25) is 5.91 Å².